The van der Waals surface area contributed by atoms with E-state index in [1.54, 1.807) is 0 Å². The maximum atomic E-state index is 11.9. The van der Waals surface area contributed by atoms with Gasteiger partial charge in [-0.2, -0.15) is 0 Å². The third kappa shape index (κ3) is 6.67. The van der Waals surface area contributed by atoms with Gasteiger partial charge in [-0.25, -0.2) is 8.42 Å². The van der Waals surface area contributed by atoms with Crippen LogP contribution in [0.25, 0.3) is 0 Å². The van der Waals surface area contributed by atoms with E-state index in [1.807, 2.05) is 0 Å². The largest absolute Gasteiger partial charge is 0.352 e. The molecule has 1 rings (SSSR count). The summed E-state index contributed by atoms with van der Waals surface area (Å²) in [5.41, 5.74) is 5.73. The third-order valence-electron chi connectivity index (χ3n) is 3.61. The van der Waals surface area contributed by atoms with Gasteiger partial charge in [0.2, 0.25) is 5.91 Å². The third-order valence-corrected chi connectivity index (χ3v) is 4.59. The molecular formula is C13H27N3O3S. The minimum atomic E-state index is -3.07. The first-order chi connectivity index (χ1) is 9.31. The van der Waals surface area contributed by atoms with Crippen molar-refractivity contribution < 1.29 is 13.2 Å². The Bertz CT molecular complexity index is 403. The lowest BCUT2D eigenvalue weighted by atomic mass is 10.0. The highest BCUT2D eigenvalue weighted by atomic mass is 32.2. The maximum absolute atomic E-state index is 11.9. The zero-order chi connectivity index (χ0) is 15.2. The molecule has 0 saturated carbocycles. The molecule has 0 aromatic heterocycles. The van der Waals surface area contributed by atoms with Crippen molar-refractivity contribution in [2.75, 3.05) is 31.6 Å². The summed E-state index contributed by atoms with van der Waals surface area (Å²) in [5, 5.41) is 2.93. The molecule has 0 bridgehead atoms. The molecule has 1 unspecified atom stereocenters. The molecule has 0 radical (unpaired) electrons. The fourth-order valence-corrected chi connectivity index (χ4v) is 3.08. The second-order valence-corrected chi connectivity index (χ2v) is 7.91. The first-order valence-electron chi connectivity index (χ1n) is 7.28. The predicted molar refractivity (Wildman–Crippen MR) is 80.2 cm³/mol. The minimum absolute atomic E-state index is 0.0451. The molecule has 1 amide bonds. The summed E-state index contributed by atoms with van der Waals surface area (Å²) in [4.78, 5) is 14.3. The van der Waals surface area contributed by atoms with Crippen molar-refractivity contribution in [3.63, 3.8) is 0 Å². The highest BCUT2D eigenvalue weighted by Gasteiger charge is 2.23. The number of amides is 1. The topological polar surface area (TPSA) is 92.5 Å². The zero-order valence-corrected chi connectivity index (χ0v) is 13.3. The molecule has 7 heteroatoms. The van der Waals surface area contributed by atoms with Crippen LogP contribution in [0.15, 0.2) is 0 Å². The summed E-state index contributed by atoms with van der Waals surface area (Å²) in [6.07, 6.45) is 4.35. The molecule has 0 spiro atoms. The normalized spacial score (nSPS) is 19.8. The number of likely N-dealkylation sites (tertiary alicyclic amines) is 1. The van der Waals surface area contributed by atoms with E-state index in [0.717, 1.165) is 45.2 Å². The average Bonchev–Trinajstić information content (AvgIpc) is 2.37. The smallest absolute Gasteiger partial charge is 0.237 e. The van der Waals surface area contributed by atoms with Crippen LogP contribution >= 0.6 is 0 Å². The van der Waals surface area contributed by atoms with Gasteiger partial charge in [-0.05, 0) is 32.2 Å². The van der Waals surface area contributed by atoms with Gasteiger partial charge in [0, 0.05) is 25.4 Å². The minimum Gasteiger partial charge on any atom is -0.352 e. The van der Waals surface area contributed by atoms with Crippen LogP contribution < -0.4 is 11.1 Å². The molecule has 1 aliphatic rings. The standard InChI is InChI=1S/C13H27N3O3S/c1-3-7-16-8-4-11(5-9-16)15-13(17)12(14)6-10-20(2,18)19/h11-12H,3-10,14H2,1-2H3,(H,15,17). The van der Waals surface area contributed by atoms with E-state index < -0.39 is 15.9 Å². The van der Waals surface area contributed by atoms with E-state index in [1.165, 1.54) is 0 Å². The Hall–Kier alpha value is -0.660. The molecular weight excluding hydrogens is 278 g/mol. The van der Waals surface area contributed by atoms with Crippen molar-refractivity contribution in [1.29, 1.82) is 0 Å². The van der Waals surface area contributed by atoms with Gasteiger partial charge in [-0.15, -0.1) is 0 Å². The lowest BCUT2D eigenvalue weighted by Gasteiger charge is -2.32. The summed E-state index contributed by atoms with van der Waals surface area (Å²) in [5.74, 6) is -0.279. The molecule has 1 aliphatic heterocycles. The van der Waals surface area contributed by atoms with Gasteiger partial charge in [0.15, 0.2) is 0 Å². The molecule has 1 saturated heterocycles. The van der Waals surface area contributed by atoms with E-state index in [0.29, 0.717) is 0 Å². The van der Waals surface area contributed by atoms with E-state index in [4.69, 9.17) is 5.73 Å². The Morgan fingerprint density at radius 2 is 2.00 bits per heavy atom. The number of nitrogens with one attached hydrogen (secondary N) is 1. The molecule has 6 nitrogen and oxygen atoms in total. The van der Waals surface area contributed by atoms with E-state index in [9.17, 15) is 13.2 Å². The van der Waals surface area contributed by atoms with E-state index in [2.05, 4.69) is 17.1 Å². The number of nitrogens with zero attached hydrogens (tertiary/aromatic N) is 1. The van der Waals surface area contributed by atoms with Crippen LogP contribution in [0.1, 0.15) is 32.6 Å². The van der Waals surface area contributed by atoms with Crippen LogP contribution in [0.2, 0.25) is 0 Å². The Balaban J connectivity index is 2.29. The number of carbonyl (C=O) groups excluding carboxylic acids is 1. The molecule has 1 atom stereocenters. The number of piperidine rings is 1. The number of hydrogen-bond donors (Lipinski definition) is 2. The fourth-order valence-electron chi connectivity index (χ4n) is 2.40. The van der Waals surface area contributed by atoms with Crippen LogP contribution in [0, 0.1) is 0 Å². The Morgan fingerprint density at radius 3 is 2.50 bits per heavy atom. The molecule has 1 fully saturated rings. The van der Waals surface area contributed by atoms with Gasteiger partial charge in [-0.3, -0.25) is 4.79 Å². The highest BCUT2D eigenvalue weighted by molar-refractivity contribution is 7.90. The summed E-state index contributed by atoms with van der Waals surface area (Å²) in [6, 6.07) is -0.571. The van der Waals surface area contributed by atoms with E-state index >= 15 is 0 Å². The first-order valence-corrected chi connectivity index (χ1v) is 9.34. The molecule has 0 aromatic carbocycles. The lowest BCUT2D eigenvalue weighted by Crippen LogP contribution is -2.50. The SMILES string of the molecule is CCCN1CCC(NC(=O)C(N)CCS(C)(=O)=O)CC1. The van der Waals surface area contributed by atoms with Crippen molar-refractivity contribution in [2.45, 2.75) is 44.7 Å². The van der Waals surface area contributed by atoms with E-state index in [-0.39, 0.29) is 24.1 Å². The summed E-state index contributed by atoms with van der Waals surface area (Å²) in [6.45, 7) is 5.26. The molecule has 118 valence electrons. The summed E-state index contributed by atoms with van der Waals surface area (Å²) in [7, 11) is -3.07. The van der Waals surface area contributed by atoms with Crippen LogP contribution in [0.4, 0.5) is 0 Å². The first kappa shape index (κ1) is 17.4. The van der Waals surface area contributed by atoms with Crippen LogP contribution in [0.5, 0.6) is 0 Å². The Morgan fingerprint density at radius 1 is 1.40 bits per heavy atom. The number of rotatable bonds is 7. The van der Waals surface area contributed by atoms with Crippen LogP contribution in [-0.2, 0) is 14.6 Å². The monoisotopic (exact) mass is 305 g/mol. The number of hydrogen-bond acceptors (Lipinski definition) is 5. The van der Waals surface area contributed by atoms with Gasteiger partial charge in [-0.1, -0.05) is 6.92 Å². The van der Waals surface area contributed by atoms with Crippen molar-refractivity contribution in [1.82, 2.24) is 10.2 Å². The lowest BCUT2D eigenvalue weighted by molar-refractivity contribution is -0.123. The van der Waals surface area contributed by atoms with Gasteiger partial charge < -0.3 is 16.0 Å². The van der Waals surface area contributed by atoms with Gasteiger partial charge in [0.1, 0.15) is 9.84 Å². The molecule has 0 aliphatic carbocycles. The second-order valence-electron chi connectivity index (χ2n) is 5.65. The van der Waals surface area contributed by atoms with Crippen molar-refractivity contribution in [3.8, 4) is 0 Å². The molecule has 3 N–H and O–H groups in total. The summed E-state index contributed by atoms with van der Waals surface area (Å²) >= 11 is 0. The number of carbonyl (C=O) groups is 1. The predicted octanol–water partition coefficient (Wildman–Crippen LogP) is -0.261. The number of sulfone groups is 1. The second kappa shape index (κ2) is 7.95. The zero-order valence-electron chi connectivity index (χ0n) is 12.5. The van der Waals surface area contributed by atoms with Gasteiger partial charge in [0.05, 0.1) is 11.8 Å². The maximum Gasteiger partial charge on any atom is 0.237 e. The van der Waals surface area contributed by atoms with Crippen LogP contribution in [0.3, 0.4) is 0 Å². The van der Waals surface area contributed by atoms with Crippen molar-refractivity contribution in [2.24, 2.45) is 5.73 Å². The van der Waals surface area contributed by atoms with Gasteiger partial charge >= 0.3 is 0 Å². The molecule has 0 aromatic rings. The van der Waals surface area contributed by atoms with Crippen molar-refractivity contribution >= 4 is 15.7 Å². The Kier molecular flexibility index (Phi) is 6.91. The molecule has 20 heavy (non-hydrogen) atoms. The van der Waals surface area contributed by atoms with Crippen molar-refractivity contribution in [3.05, 3.63) is 0 Å². The number of nitrogens with two attached hydrogens (primary N) is 1. The fraction of sp³-hybridized carbons (Fsp3) is 0.923. The molecule has 1 heterocycles. The average molecular weight is 305 g/mol. The quantitative estimate of drug-likeness (QED) is 0.676. The van der Waals surface area contributed by atoms with Crippen LogP contribution in [-0.4, -0.2) is 63.0 Å². The van der Waals surface area contributed by atoms with Gasteiger partial charge in [0.25, 0.3) is 0 Å². The Labute approximate surface area is 122 Å². The summed E-state index contributed by atoms with van der Waals surface area (Å²) < 4.78 is 22.1. The highest BCUT2D eigenvalue weighted by Crippen LogP contribution is 2.10.